The van der Waals surface area contributed by atoms with Crippen LogP contribution < -0.4 is 15.6 Å². The zero-order chi connectivity index (χ0) is 19.4. The van der Waals surface area contributed by atoms with Crippen LogP contribution in [0, 0.1) is 6.92 Å². The maximum atomic E-state index is 12.7. The number of aryl methyl sites for hydroxylation is 1. The summed E-state index contributed by atoms with van der Waals surface area (Å²) >= 11 is 0. The summed E-state index contributed by atoms with van der Waals surface area (Å²) in [7, 11) is 0. The Morgan fingerprint density at radius 1 is 1.11 bits per heavy atom. The first-order valence-corrected chi connectivity index (χ1v) is 8.96. The van der Waals surface area contributed by atoms with E-state index in [2.05, 4.69) is 10.4 Å². The van der Waals surface area contributed by atoms with Gasteiger partial charge in [-0.15, -0.1) is 0 Å². The molecule has 2 aromatic carbocycles. The van der Waals surface area contributed by atoms with Crippen molar-refractivity contribution < 1.29 is 9.53 Å². The number of hydrogen-bond donors (Lipinski definition) is 1. The van der Waals surface area contributed by atoms with E-state index in [9.17, 15) is 9.59 Å². The number of nitrogens with zero attached hydrogens (tertiary/aromatic N) is 2. The van der Waals surface area contributed by atoms with Crippen LogP contribution in [0.2, 0.25) is 0 Å². The summed E-state index contributed by atoms with van der Waals surface area (Å²) in [6, 6.07) is 14.6. The van der Waals surface area contributed by atoms with Gasteiger partial charge in [-0.3, -0.25) is 9.59 Å². The maximum absolute atomic E-state index is 12.7. The third-order valence-corrected chi connectivity index (χ3v) is 4.21. The van der Waals surface area contributed by atoms with Gasteiger partial charge >= 0.3 is 0 Å². The van der Waals surface area contributed by atoms with Gasteiger partial charge in [0.25, 0.3) is 11.5 Å². The number of fused-ring (bicyclic) bond motifs is 1. The fourth-order valence-corrected chi connectivity index (χ4v) is 2.78. The molecule has 1 amide bonds. The van der Waals surface area contributed by atoms with Crippen LogP contribution in [0.1, 0.15) is 35.9 Å². The molecular weight excluding hydrogens is 342 g/mol. The Bertz CT molecular complexity index is 1010. The van der Waals surface area contributed by atoms with E-state index >= 15 is 0 Å². The van der Waals surface area contributed by atoms with Gasteiger partial charge in [0.05, 0.1) is 18.0 Å². The van der Waals surface area contributed by atoms with E-state index in [1.807, 2.05) is 45.0 Å². The van der Waals surface area contributed by atoms with Crippen molar-refractivity contribution in [3.8, 4) is 5.75 Å². The number of hydrogen-bond acceptors (Lipinski definition) is 4. The summed E-state index contributed by atoms with van der Waals surface area (Å²) in [5, 5.41) is 8.15. The fourth-order valence-electron chi connectivity index (χ4n) is 2.78. The summed E-state index contributed by atoms with van der Waals surface area (Å²) in [6.45, 7) is 6.42. The number of carbonyl (C=O) groups excluding carboxylic acids is 1. The molecule has 6 nitrogen and oxygen atoms in total. The SMILES string of the molecule is Cc1ccc(OCCNC(=O)c2nn(C(C)C)c(=O)c3ccccc23)cc1. The minimum absolute atomic E-state index is 0.140. The molecule has 3 rings (SSSR count). The number of ether oxygens (including phenoxy) is 1. The standard InChI is InChI=1S/C21H23N3O3/c1-14(2)24-21(26)18-7-5-4-6-17(18)19(23-24)20(25)22-12-13-27-16-10-8-15(3)9-11-16/h4-11,14H,12-13H2,1-3H3,(H,22,25). The summed E-state index contributed by atoms with van der Waals surface area (Å²) in [5.41, 5.74) is 1.21. The molecule has 0 unspecified atom stereocenters. The van der Waals surface area contributed by atoms with Crippen molar-refractivity contribution in [1.29, 1.82) is 0 Å². The number of benzene rings is 2. The van der Waals surface area contributed by atoms with Crippen LogP contribution in [0.5, 0.6) is 5.75 Å². The molecule has 0 saturated carbocycles. The molecule has 0 radical (unpaired) electrons. The molecule has 0 aliphatic heterocycles. The maximum Gasteiger partial charge on any atom is 0.274 e. The van der Waals surface area contributed by atoms with Crippen molar-refractivity contribution in [2.75, 3.05) is 13.2 Å². The lowest BCUT2D eigenvalue weighted by Gasteiger charge is -2.13. The third-order valence-electron chi connectivity index (χ3n) is 4.21. The predicted molar refractivity (Wildman–Crippen MR) is 105 cm³/mol. The van der Waals surface area contributed by atoms with E-state index < -0.39 is 0 Å². The highest BCUT2D eigenvalue weighted by Crippen LogP contribution is 2.15. The first-order chi connectivity index (χ1) is 13.0. The van der Waals surface area contributed by atoms with Crippen molar-refractivity contribution in [3.05, 3.63) is 70.1 Å². The Morgan fingerprint density at radius 2 is 1.78 bits per heavy atom. The molecule has 0 fully saturated rings. The van der Waals surface area contributed by atoms with Crippen molar-refractivity contribution >= 4 is 16.7 Å². The topological polar surface area (TPSA) is 73.2 Å². The van der Waals surface area contributed by atoms with E-state index in [1.54, 1.807) is 24.3 Å². The molecule has 1 N–H and O–H groups in total. The lowest BCUT2D eigenvalue weighted by atomic mass is 10.1. The van der Waals surface area contributed by atoms with Gasteiger partial charge in [-0.2, -0.15) is 5.10 Å². The largest absolute Gasteiger partial charge is 0.492 e. The van der Waals surface area contributed by atoms with Gasteiger partial charge in [0, 0.05) is 5.39 Å². The second kappa shape index (κ2) is 8.03. The number of carbonyl (C=O) groups is 1. The third kappa shape index (κ3) is 4.16. The molecule has 0 atom stereocenters. The van der Waals surface area contributed by atoms with Gasteiger partial charge in [0.2, 0.25) is 0 Å². The Morgan fingerprint density at radius 3 is 2.44 bits per heavy atom. The van der Waals surface area contributed by atoms with Gasteiger partial charge in [-0.1, -0.05) is 35.9 Å². The number of amides is 1. The fraction of sp³-hybridized carbons (Fsp3) is 0.286. The highest BCUT2D eigenvalue weighted by atomic mass is 16.5. The van der Waals surface area contributed by atoms with Crippen LogP contribution in [0.25, 0.3) is 10.8 Å². The summed E-state index contributed by atoms with van der Waals surface area (Å²) in [6.07, 6.45) is 0. The molecule has 1 heterocycles. The second-order valence-corrected chi connectivity index (χ2v) is 6.66. The van der Waals surface area contributed by atoms with Crippen LogP contribution in [0.4, 0.5) is 0 Å². The van der Waals surface area contributed by atoms with E-state index in [0.29, 0.717) is 23.9 Å². The van der Waals surface area contributed by atoms with Gasteiger partial charge in [-0.25, -0.2) is 4.68 Å². The quantitative estimate of drug-likeness (QED) is 0.681. The van der Waals surface area contributed by atoms with Gasteiger partial charge in [0.15, 0.2) is 5.69 Å². The molecule has 0 saturated heterocycles. The first-order valence-electron chi connectivity index (χ1n) is 8.96. The van der Waals surface area contributed by atoms with Crippen LogP contribution in [0.15, 0.2) is 53.3 Å². The van der Waals surface area contributed by atoms with Gasteiger partial charge in [0.1, 0.15) is 12.4 Å². The zero-order valence-electron chi connectivity index (χ0n) is 15.7. The van der Waals surface area contributed by atoms with Crippen molar-refractivity contribution in [2.24, 2.45) is 0 Å². The average Bonchev–Trinajstić information content (AvgIpc) is 2.66. The van der Waals surface area contributed by atoms with Gasteiger partial charge < -0.3 is 10.1 Å². The number of aromatic nitrogens is 2. The molecule has 0 aliphatic carbocycles. The first kappa shape index (κ1) is 18.6. The van der Waals surface area contributed by atoms with Crippen molar-refractivity contribution in [2.45, 2.75) is 26.8 Å². The lowest BCUT2D eigenvalue weighted by molar-refractivity contribution is 0.0941. The molecule has 1 aromatic heterocycles. The predicted octanol–water partition coefficient (Wildman–Crippen LogP) is 3.09. The summed E-state index contributed by atoms with van der Waals surface area (Å²) in [4.78, 5) is 25.2. The summed E-state index contributed by atoms with van der Waals surface area (Å²) < 4.78 is 6.97. The minimum atomic E-state index is -0.326. The molecule has 6 heteroatoms. The molecular formula is C21H23N3O3. The lowest BCUT2D eigenvalue weighted by Crippen LogP contribution is -2.33. The normalized spacial score (nSPS) is 11.0. The molecule has 0 aliphatic rings. The molecule has 140 valence electrons. The van der Waals surface area contributed by atoms with E-state index in [-0.39, 0.29) is 23.2 Å². The van der Waals surface area contributed by atoms with Crippen molar-refractivity contribution in [3.63, 3.8) is 0 Å². The Hall–Kier alpha value is -3.15. The minimum Gasteiger partial charge on any atom is -0.492 e. The van der Waals surface area contributed by atoms with Crippen molar-refractivity contribution in [1.82, 2.24) is 15.1 Å². The Kier molecular flexibility index (Phi) is 5.54. The Balaban J connectivity index is 1.74. The van der Waals surface area contributed by atoms with E-state index in [0.717, 1.165) is 11.3 Å². The molecule has 0 bridgehead atoms. The molecule has 3 aromatic rings. The monoisotopic (exact) mass is 365 g/mol. The summed E-state index contributed by atoms with van der Waals surface area (Å²) in [5.74, 6) is 0.430. The average molecular weight is 365 g/mol. The highest BCUT2D eigenvalue weighted by molar-refractivity contribution is 6.04. The number of rotatable bonds is 6. The highest BCUT2D eigenvalue weighted by Gasteiger charge is 2.17. The smallest absolute Gasteiger partial charge is 0.274 e. The van der Waals surface area contributed by atoms with Crippen LogP contribution in [-0.4, -0.2) is 28.8 Å². The zero-order valence-corrected chi connectivity index (χ0v) is 15.7. The van der Waals surface area contributed by atoms with Gasteiger partial charge in [-0.05, 0) is 39.0 Å². The Labute approximate surface area is 157 Å². The van der Waals surface area contributed by atoms with Crippen LogP contribution in [0.3, 0.4) is 0 Å². The molecule has 0 spiro atoms. The second-order valence-electron chi connectivity index (χ2n) is 6.66. The van der Waals surface area contributed by atoms with Crippen LogP contribution >= 0.6 is 0 Å². The van der Waals surface area contributed by atoms with E-state index in [1.165, 1.54) is 4.68 Å². The van der Waals surface area contributed by atoms with E-state index in [4.69, 9.17) is 4.74 Å². The van der Waals surface area contributed by atoms with Crippen LogP contribution in [-0.2, 0) is 0 Å². The number of nitrogens with one attached hydrogen (secondary N) is 1. The molecule has 27 heavy (non-hydrogen) atoms.